The second-order valence-corrected chi connectivity index (χ2v) is 4.74. The first-order chi connectivity index (χ1) is 9.10. The van der Waals surface area contributed by atoms with E-state index in [2.05, 4.69) is 15.0 Å². The summed E-state index contributed by atoms with van der Waals surface area (Å²) in [6.45, 7) is 0.668. The second kappa shape index (κ2) is 5.44. The van der Waals surface area contributed by atoms with E-state index in [1.165, 1.54) is 19.7 Å². The highest BCUT2D eigenvalue weighted by atomic mass is 16.5. The molecule has 0 aliphatic heterocycles. The van der Waals surface area contributed by atoms with Crippen molar-refractivity contribution < 1.29 is 14.3 Å². The van der Waals surface area contributed by atoms with E-state index in [9.17, 15) is 4.79 Å². The molecule has 1 heterocycles. The van der Waals surface area contributed by atoms with Gasteiger partial charge in [0, 0.05) is 13.7 Å². The molecule has 6 nitrogen and oxygen atoms in total. The number of pyridine rings is 1. The maximum atomic E-state index is 11.5. The Labute approximate surface area is 112 Å². The summed E-state index contributed by atoms with van der Waals surface area (Å²) in [5.41, 5.74) is 6.22. The van der Waals surface area contributed by atoms with Gasteiger partial charge in [0.05, 0.1) is 30.2 Å². The van der Waals surface area contributed by atoms with Gasteiger partial charge in [0.15, 0.2) is 0 Å². The Morgan fingerprint density at radius 2 is 2.26 bits per heavy atom. The number of hydrogen-bond donors (Lipinski definition) is 2. The van der Waals surface area contributed by atoms with E-state index < -0.39 is 5.97 Å². The van der Waals surface area contributed by atoms with Crippen LogP contribution in [-0.2, 0) is 9.47 Å². The number of carbonyl (C=O) groups is 1. The van der Waals surface area contributed by atoms with E-state index in [0.717, 1.165) is 12.8 Å². The van der Waals surface area contributed by atoms with Crippen molar-refractivity contribution in [1.29, 1.82) is 0 Å². The predicted molar refractivity (Wildman–Crippen MR) is 72.1 cm³/mol. The summed E-state index contributed by atoms with van der Waals surface area (Å²) in [6.07, 6.45) is 4.71. The van der Waals surface area contributed by atoms with Crippen molar-refractivity contribution in [2.75, 3.05) is 31.8 Å². The van der Waals surface area contributed by atoms with Gasteiger partial charge in [0.25, 0.3) is 0 Å². The molecule has 0 spiro atoms. The van der Waals surface area contributed by atoms with Crippen LogP contribution in [0, 0.1) is 0 Å². The van der Waals surface area contributed by atoms with Gasteiger partial charge in [0.1, 0.15) is 5.82 Å². The third kappa shape index (κ3) is 2.78. The first kappa shape index (κ1) is 13.6. The van der Waals surface area contributed by atoms with Gasteiger partial charge in [0.2, 0.25) is 0 Å². The monoisotopic (exact) mass is 265 g/mol. The van der Waals surface area contributed by atoms with E-state index in [4.69, 9.17) is 10.5 Å². The van der Waals surface area contributed by atoms with Gasteiger partial charge in [-0.3, -0.25) is 0 Å². The zero-order valence-electron chi connectivity index (χ0n) is 11.2. The number of rotatable bonds is 5. The average Bonchev–Trinajstić information content (AvgIpc) is 2.39. The minimum Gasteiger partial charge on any atom is -0.465 e. The molecule has 3 N–H and O–H groups in total. The highest BCUT2D eigenvalue weighted by molar-refractivity contribution is 5.95. The van der Waals surface area contributed by atoms with Crippen LogP contribution in [-0.4, -0.2) is 37.3 Å². The summed E-state index contributed by atoms with van der Waals surface area (Å²) in [4.78, 5) is 15.7. The molecule has 0 bridgehead atoms. The molecule has 1 saturated carbocycles. The first-order valence-electron chi connectivity index (χ1n) is 6.23. The topological polar surface area (TPSA) is 86.5 Å². The van der Waals surface area contributed by atoms with Crippen LogP contribution in [0.3, 0.4) is 0 Å². The van der Waals surface area contributed by atoms with Gasteiger partial charge in [-0.2, -0.15) is 0 Å². The van der Waals surface area contributed by atoms with Gasteiger partial charge in [-0.1, -0.05) is 0 Å². The summed E-state index contributed by atoms with van der Waals surface area (Å²) in [6, 6.07) is 1.60. The highest BCUT2D eigenvalue weighted by Crippen LogP contribution is 2.35. The van der Waals surface area contributed by atoms with Gasteiger partial charge in [-0.25, -0.2) is 9.78 Å². The van der Waals surface area contributed by atoms with Crippen molar-refractivity contribution >= 4 is 17.5 Å². The van der Waals surface area contributed by atoms with Crippen LogP contribution in [0.15, 0.2) is 12.3 Å². The predicted octanol–water partition coefficient (Wildman–Crippen LogP) is 1.43. The van der Waals surface area contributed by atoms with Crippen LogP contribution < -0.4 is 11.1 Å². The fourth-order valence-corrected chi connectivity index (χ4v) is 2.13. The lowest BCUT2D eigenvalue weighted by Crippen LogP contribution is -2.45. The normalized spacial score (nSPS) is 16.5. The molecule has 0 amide bonds. The Balaban J connectivity index is 2.06. The molecule has 1 aliphatic carbocycles. The van der Waals surface area contributed by atoms with Crippen molar-refractivity contribution in [2.45, 2.75) is 24.9 Å². The van der Waals surface area contributed by atoms with Crippen molar-refractivity contribution in [3.63, 3.8) is 0 Å². The number of esters is 1. The quantitative estimate of drug-likeness (QED) is 0.783. The molecule has 0 saturated heterocycles. The van der Waals surface area contributed by atoms with Crippen molar-refractivity contribution in [3.8, 4) is 0 Å². The number of anilines is 2. The molecule has 2 rings (SSSR count). The molecular formula is C13H19N3O3. The minimum atomic E-state index is -0.465. The van der Waals surface area contributed by atoms with E-state index in [1.54, 1.807) is 13.2 Å². The van der Waals surface area contributed by atoms with Crippen LogP contribution in [0.25, 0.3) is 0 Å². The van der Waals surface area contributed by atoms with Crippen LogP contribution >= 0.6 is 0 Å². The highest BCUT2D eigenvalue weighted by Gasteiger charge is 2.36. The van der Waals surface area contributed by atoms with Crippen molar-refractivity contribution in [3.05, 3.63) is 17.8 Å². The molecule has 0 unspecified atom stereocenters. The van der Waals surface area contributed by atoms with Gasteiger partial charge >= 0.3 is 5.97 Å². The van der Waals surface area contributed by atoms with Crippen LogP contribution in [0.5, 0.6) is 0 Å². The largest absolute Gasteiger partial charge is 0.465 e. The summed E-state index contributed by atoms with van der Waals surface area (Å²) in [5, 5.41) is 3.19. The smallest absolute Gasteiger partial charge is 0.340 e. The molecule has 19 heavy (non-hydrogen) atoms. The van der Waals surface area contributed by atoms with Crippen LogP contribution in [0.4, 0.5) is 11.5 Å². The number of nitrogens with zero attached hydrogens (tertiary/aromatic N) is 1. The molecule has 0 atom stereocenters. The number of aromatic nitrogens is 1. The molecule has 1 aromatic heterocycles. The number of ether oxygens (including phenoxy) is 2. The van der Waals surface area contributed by atoms with Crippen LogP contribution in [0.2, 0.25) is 0 Å². The van der Waals surface area contributed by atoms with E-state index >= 15 is 0 Å². The zero-order valence-corrected chi connectivity index (χ0v) is 11.2. The Kier molecular flexibility index (Phi) is 3.90. The molecule has 1 aromatic rings. The number of nitrogens with two attached hydrogens (primary N) is 1. The SMILES string of the molecule is COC(=O)c1cc(NCC2(OC)CCC2)ncc1N. The number of hydrogen-bond acceptors (Lipinski definition) is 6. The molecule has 104 valence electrons. The summed E-state index contributed by atoms with van der Waals surface area (Å²) in [7, 11) is 3.04. The average molecular weight is 265 g/mol. The minimum absolute atomic E-state index is 0.103. The summed E-state index contributed by atoms with van der Waals surface area (Å²) in [5.74, 6) is 0.131. The summed E-state index contributed by atoms with van der Waals surface area (Å²) < 4.78 is 10.2. The summed E-state index contributed by atoms with van der Waals surface area (Å²) >= 11 is 0. The van der Waals surface area contributed by atoms with Gasteiger partial charge in [-0.15, -0.1) is 0 Å². The molecular weight excluding hydrogens is 246 g/mol. The standard InChI is InChI=1S/C13H19N3O3/c1-18-12(17)9-6-11(15-7-10(9)14)16-8-13(19-2)4-3-5-13/h6-7H,3-5,8,14H2,1-2H3,(H,15,16). The third-order valence-electron chi connectivity index (χ3n) is 3.63. The Morgan fingerprint density at radius 3 is 2.79 bits per heavy atom. The zero-order chi connectivity index (χ0) is 13.9. The molecule has 0 radical (unpaired) electrons. The van der Waals surface area contributed by atoms with Crippen molar-refractivity contribution in [1.82, 2.24) is 4.98 Å². The maximum Gasteiger partial charge on any atom is 0.340 e. The Hall–Kier alpha value is -1.82. The number of methoxy groups -OCH3 is 2. The number of carbonyl (C=O) groups excluding carboxylic acids is 1. The fourth-order valence-electron chi connectivity index (χ4n) is 2.13. The number of nitrogen functional groups attached to an aromatic ring is 1. The van der Waals surface area contributed by atoms with Crippen LogP contribution in [0.1, 0.15) is 29.6 Å². The molecule has 0 aromatic carbocycles. The fraction of sp³-hybridized carbons (Fsp3) is 0.538. The lowest BCUT2D eigenvalue weighted by atomic mass is 9.80. The van der Waals surface area contributed by atoms with Crippen molar-refractivity contribution in [2.24, 2.45) is 0 Å². The lowest BCUT2D eigenvalue weighted by molar-refractivity contribution is -0.0601. The third-order valence-corrected chi connectivity index (χ3v) is 3.63. The van der Waals surface area contributed by atoms with E-state index in [0.29, 0.717) is 23.6 Å². The Bertz CT molecular complexity index is 467. The lowest BCUT2D eigenvalue weighted by Gasteiger charge is -2.40. The van der Waals surface area contributed by atoms with E-state index in [-0.39, 0.29) is 5.60 Å². The molecule has 6 heteroatoms. The first-order valence-corrected chi connectivity index (χ1v) is 6.23. The van der Waals surface area contributed by atoms with Gasteiger partial charge in [-0.05, 0) is 25.3 Å². The molecule has 1 aliphatic rings. The van der Waals surface area contributed by atoms with E-state index in [1.807, 2.05) is 0 Å². The second-order valence-electron chi connectivity index (χ2n) is 4.74. The molecule has 1 fully saturated rings. The number of nitrogens with one attached hydrogen (secondary N) is 1. The van der Waals surface area contributed by atoms with Gasteiger partial charge < -0.3 is 20.5 Å². The maximum absolute atomic E-state index is 11.5. The Morgan fingerprint density at radius 1 is 1.53 bits per heavy atom.